The second-order valence-corrected chi connectivity index (χ2v) is 5.85. The molecule has 17 heavy (non-hydrogen) atoms. The molecule has 1 nitrogen and oxygen atoms in total. The Morgan fingerprint density at radius 1 is 1.18 bits per heavy atom. The second-order valence-electron chi connectivity index (χ2n) is 3.75. The van der Waals surface area contributed by atoms with E-state index in [4.69, 9.17) is 40.5 Å². The summed E-state index contributed by atoms with van der Waals surface area (Å²) in [7, 11) is 0. The van der Waals surface area contributed by atoms with Crippen molar-refractivity contribution in [1.29, 1.82) is 0 Å². The molecule has 0 aliphatic rings. The third kappa shape index (κ3) is 2.61. The zero-order chi connectivity index (χ0) is 12.6. The van der Waals surface area contributed by atoms with E-state index in [0.29, 0.717) is 10.0 Å². The van der Waals surface area contributed by atoms with Crippen LogP contribution in [0, 0.1) is 6.92 Å². The molecule has 0 amide bonds. The van der Waals surface area contributed by atoms with Crippen LogP contribution in [0.3, 0.4) is 0 Å². The van der Waals surface area contributed by atoms with Crippen molar-refractivity contribution in [3.05, 3.63) is 54.7 Å². The largest absolute Gasteiger partial charge is 0.320 e. The molecule has 0 saturated carbocycles. The highest BCUT2D eigenvalue weighted by Crippen LogP contribution is 2.35. The Morgan fingerprint density at radius 2 is 1.88 bits per heavy atom. The van der Waals surface area contributed by atoms with Gasteiger partial charge < -0.3 is 5.73 Å². The van der Waals surface area contributed by atoms with Crippen molar-refractivity contribution in [2.24, 2.45) is 5.73 Å². The maximum atomic E-state index is 6.20. The molecule has 1 heterocycles. The first-order valence-corrected chi connectivity index (χ1v) is 6.96. The molecule has 0 fully saturated rings. The van der Waals surface area contributed by atoms with Crippen LogP contribution >= 0.6 is 46.1 Å². The lowest BCUT2D eigenvalue weighted by atomic mass is 10.1. The summed E-state index contributed by atoms with van der Waals surface area (Å²) < 4.78 is 0. The molecule has 1 aromatic heterocycles. The smallest absolute Gasteiger partial charge is 0.0661 e. The van der Waals surface area contributed by atoms with E-state index in [1.54, 1.807) is 23.5 Å². The van der Waals surface area contributed by atoms with Gasteiger partial charge in [0, 0.05) is 4.88 Å². The fourth-order valence-electron chi connectivity index (χ4n) is 1.52. The molecule has 0 saturated heterocycles. The summed E-state index contributed by atoms with van der Waals surface area (Å²) in [4.78, 5) is 0.947. The lowest BCUT2D eigenvalue weighted by molar-refractivity contribution is 0.893. The summed E-state index contributed by atoms with van der Waals surface area (Å²) in [5.74, 6) is 0. The van der Waals surface area contributed by atoms with E-state index in [2.05, 4.69) is 0 Å². The minimum atomic E-state index is -0.268. The molecule has 0 aliphatic carbocycles. The zero-order valence-corrected chi connectivity index (χ0v) is 12.1. The summed E-state index contributed by atoms with van der Waals surface area (Å²) >= 11 is 19.6. The number of rotatable bonds is 2. The standard InChI is InChI=1S/C12H10Cl3NS/c1-6-5-17-12(10(6)15)11(16)7-2-3-8(13)9(14)4-7/h2-5,11H,16H2,1H3. The first-order chi connectivity index (χ1) is 8.00. The highest BCUT2D eigenvalue weighted by atomic mass is 35.5. The zero-order valence-electron chi connectivity index (χ0n) is 9.01. The number of hydrogen-bond acceptors (Lipinski definition) is 2. The molecule has 2 aromatic rings. The van der Waals surface area contributed by atoms with Crippen LogP contribution in [0.2, 0.25) is 15.1 Å². The van der Waals surface area contributed by atoms with Crippen LogP contribution in [0.1, 0.15) is 22.0 Å². The predicted molar refractivity (Wildman–Crippen MR) is 76.6 cm³/mol. The molecule has 1 unspecified atom stereocenters. The number of halogens is 3. The van der Waals surface area contributed by atoms with Gasteiger partial charge >= 0.3 is 0 Å². The summed E-state index contributed by atoms with van der Waals surface area (Å²) in [6.07, 6.45) is 0. The summed E-state index contributed by atoms with van der Waals surface area (Å²) in [5.41, 5.74) is 8.12. The average Bonchev–Trinajstić information content (AvgIpc) is 2.63. The van der Waals surface area contributed by atoms with Gasteiger partial charge in [-0.05, 0) is 35.6 Å². The van der Waals surface area contributed by atoms with E-state index in [-0.39, 0.29) is 6.04 Å². The number of hydrogen-bond donors (Lipinski definition) is 1. The molecular weight excluding hydrogens is 297 g/mol. The average molecular weight is 307 g/mol. The molecule has 1 aromatic carbocycles. The Balaban J connectivity index is 2.40. The molecule has 5 heteroatoms. The fourth-order valence-corrected chi connectivity index (χ4v) is 3.16. The van der Waals surface area contributed by atoms with Crippen LogP contribution in [0.5, 0.6) is 0 Å². The molecular formula is C12H10Cl3NS. The Kier molecular flexibility index (Phi) is 4.01. The van der Waals surface area contributed by atoms with Gasteiger partial charge in [-0.2, -0.15) is 0 Å². The van der Waals surface area contributed by atoms with Crippen molar-refractivity contribution >= 4 is 46.1 Å². The topological polar surface area (TPSA) is 26.0 Å². The van der Waals surface area contributed by atoms with E-state index < -0.39 is 0 Å². The van der Waals surface area contributed by atoms with Crippen molar-refractivity contribution < 1.29 is 0 Å². The van der Waals surface area contributed by atoms with E-state index >= 15 is 0 Å². The lowest BCUT2D eigenvalue weighted by Gasteiger charge is -2.12. The molecule has 2 N–H and O–H groups in total. The van der Waals surface area contributed by atoms with E-state index in [0.717, 1.165) is 21.0 Å². The van der Waals surface area contributed by atoms with Gasteiger partial charge in [0.2, 0.25) is 0 Å². The molecule has 2 rings (SSSR count). The minimum absolute atomic E-state index is 0.268. The third-order valence-corrected chi connectivity index (χ3v) is 5.05. The maximum absolute atomic E-state index is 6.20. The Morgan fingerprint density at radius 3 is 2.41 bits per heavy atom. The minimum Gasteiger partial charge on any atom is -0.320 e. The monoisotopic (exact) mass is 305 g/mol. The van der Waals surface area contributed by atoms with Gasteiger partial charge in [0.05, 0.1) is 21.1 Å². The number of nitrogens with two attached hydrogens (primary N) is 1. The first kappa shape index (κ1) is 13.2. The van der Waals surface area contributed by atoms with Gasteiger partial charge in [0.1, 0.15) is 0 Å². The Labute approximate surface area is 119 Å². The molecule has 0 spiro atoms. The molecule has 0 bridgehead atoms. The van der Waals surface area contributed by atoms with Crippen LogP contribution in [0.25, 0.3) is 0 Å². The summed E-state index contributed by atoms with van der Waals surface area (Å²) in [5, 5.41) is 3.75. The van der Waals surface area contributed by atoms with E-state index in [1.807, 2.05) is 18.4 Å². The summed E-state index contributed by atoms with van der Waals surface area (Å²) in [6, 6.07) is 5.12. The highest BCUT2D eigenvalue weighted by molar-refractivity contribution is 7.10. The van der Waals surface area contributed by atoms with E-state index in [9.17, 15) is 0 Å². The molecule has 90 valence electrons. The summed E-state index contributed by atoms with van der Waals surface area (Å²) in [6.45, 7) is 1.96. The maximum Gasteiger partial charge on any atom is 0.0661 e. The van der Waals surface area contributed by atoms with Crippen molar-refractivity contribution in [2.75, 3.05) is 0 Å². The molecule has 0 aliphatic heterocycles. The number of thiophene rings is 1. The second kappa shape index (κ2) is 5.17. The Hall–Kier alpha value is -0.250. The normalized spacial score (nSPS) is 12.8. The van der Waals surface area contributed by atoms with Gasteiger partial charge in [-0.1, -0.05) is 40.9 Å². The number of aryl methyl sites for hydroxylation is 1. The highest BCUT2D eigenvalue weighted by Gasteiger charge is 2.16. The van der Waals surface area contributed by atoms with Crippen molar-refractivity contribution in [1.82, 2.24) is 0 Å². The molecule has 1 atom stereocenters. The quantitative estimate of drug-likeness (QED) is 0.824. The van der Waals surface area contributed by atoms with Gasteiger partial charge in [-0.25, -0.2) is 0 Å². The van der Waals surface area contributed by atoms with Crippen LogP contribution in [-0.2, 0) is 0 Å². The van der Waals surface area contributed by atoms with Gasteiger partial charge in [0.25, 0.3) is 0 Å². The first-order valence-electron chi connectivity index (χ1n) is 4.94. The van der Waals surface area contributed by atoms with Gasteiger partial charge in [-0.15, -0.1) is 11.3 Å². The van der Waals surface area contributed by atoms with Crippen LogP contribution in [-0.4, -0.2) is 0 Å². The lowest BCUT2D eigenvalue weighted by Crippen LogP contribution is -2.10. The van der Waals surface area contributed by atoms with Crippen LogP contribution in [0.15, 0.2) is 23.6 Å². The van der Waals surface area contributed by atoms with Crippen molar-refractivity contribution in [2.45, 2.75) is 13.0 Å². The molecule has 0 radical (unpaired) electrons. The fraction of sp³-hybridized carbons (Fsp3) is 0.167. The van der Waals surface area contributed by atoms with Crippen LogP contribution < -0.4 is 5.73 Å². The third-order valence-electron chi connectivity index (χ3n) is 2.51. The Bertz CT molecular complexity index is 551. The number of benzene rings is 1. The predicted octanol–water partition coefficient (Wildman–Crippen LogP) is 5.06. The van der Waals surface area contributed by atoms with Gasteiger partial charge in [-0.3, -0.25) is 0 Å². The van der Waals surface area contributed by atoms with Crippen molar-refractivity contribution in [3.63, 3.8) is 0 Å². The van der Waals surface area contributed by atoms with Crippen LogP contribution in [0.4, 0.5) is 0 Å². The van der Waals surface area contributed by atoms with Gasteiger partial charge in [0.15, 0.2) is 0 Å². The SMILES string of the molecule is Cc1csc(C(N)c2ccc(Cl)c(Cl)c2)c1Cl. The van der Waals surface area contributed by atoms with E-state index in [1.165, 1.54) is 0 Å². The van der Waals surface area contributed by atoms with Crippen molar-refractivity contribution in [3.8, 4) is 0 Å².